The maximum absolute atomic E-state index is 6.20. The van der Waals surface area contributed by atoms with Crippen molar-refractivity contribution in [1.82, 2.24) is 4.90 Å². The Bertz CT molecular complexity index is 486. The van der Waals surface area contributed by atoms with Crippen molar-refractivity contribution in [2.45, 2.75) is 44.9 Å². The molecule has 1 aliphatic heterocycles. The monoisotopic (exact) mass is 303 g/mol. The number of methoxy groups -OCH3 is 1. The van der Waals surface area contributed by atoms with E-state index in [4.69, 9.17) is 10.5 Å². The molecule has 0 unspecified atom stereocenters. The minimum atomic E-state index is -0.0389. The number of likely N-dealkylation sites (tertiary alicyclic amines) is 1. The quantitative estimate of drug-likeness (QED) is 0.686. The number of rotatable bonds is 4. The van der Waals surface area contributed by atoms with Crippen molar-refractivity contribution in [2.75, 3.05) is 26.7 Å². The van der Waals surface area contributed by atoms with Crippen LogP contribution >= 0.6 is 0 Å². The lowest BCUT2D eigenvalue weighted by Gasteiger charge is -2.26. The molecule has 4 nitrogen and oxygen atoms in total. The van der Waals surface area contributed by atoms with Crippen molar-refractivity contribution in [1.29, 1.82) is 0 Å². The molecule has 0 bridgehead atoms. The minimum absolute atomic E-state index is 0.0389. The fraction of sp³-hybridized carbons (Fsp3) is 0.611. The summed E-state index contributed by atoms with van der Waals surface area (Å²) in [7, 11) is 1.69. The molecule has 2 N–H and O–H groups in total. The Kier molecular flexibility index (Phi) is 5.69. The van der Waals surface area contributed by atoms with E-state index in [1.807, 2.05) is 12.1 Å². The second kappa shape index (κ2) is 7.52. The van der Waals surface area contributed by atoms with Crippen molar-refractivity contribution in [3.05, 3.63) is 29.8 Å². The van der Waals surface area contributed by atoms with E-state index in [1.54, 1.807) is 7.11 Å². The zero-order valence-corrected chi connectivity index (χ0v) is 14.1. The number of aliphatic imine (C=N–C) groups is 1. The third kappa shape index (κ3) is 4.39. The molecule has 0 aliphatic carbocycles. The van der Waals surface area contributed by atoms with Gasteiger partial charge in [0.05, 0.1) is 13.7 Å². The first-order valence-electron chi connectivity index (χ1n) is 8.22. The largest absolute Gasteiger partial charge is 0.497 e. The van der Waals surface area contributed by atoms with E-state index >= 15 is 0 Å². The summed E-state index contributed by atoms with van der Waals surface area (Å²) in [5, 5.41) is 0. The molecule has 122 valence electrons. The third-order valence-electron chi connectivity index (χ3n) is 4.44. The van der Waals surface area contributed by atoms with Gasteiger partial charge in [-0.3, -0.25) is 4.99 Å². The lowest BCUT2D eigenvalue weighted by molar-refractivity contribution is 0.413. The molecule has 0 radical (unpaired) electrons. The van der Waals surface area contributed by atoms with E-state index in [-0.39, 0.29) is 5.41 Å². The molecule has 1 saturated heterocycles. The van der Waals surface area contributed by atoms with Gasteiger partial charge in [-0.25, -0.2) is 0 Å². The molecule has 1 fully saturated rings. The number of benzene rings is 1. The number of nitrogens with zero attached hydrogens (tertiary/aromatic N) is 2. The minimum Gasteiger partial charge on any atom is -0.497 e. The van der Waals surface area contributed by atoms with Crippen molar-refractivity contribution >= 4 is 5.96 Å². The highest BCUT2D eigenvalue weighted by Gasteiger charge is 2.21. The predicted octanol–water partition coefficient (Wildman–Crippen LogP) is 3.16. The molecule has 1 heterocycles. The maximum Gasteiger partial charge on any atom is 0.191 e. The van der Waals surface area contributed by atoms with E-state index in [0.717, 1.165) is 18.8 Å². The van der Waals surface area contributed by atoms with E-state index in [9.17, 15) is 0 Å². The molecular weight excluding hydrogens is 274 g/mol. The Morgan fingerprint density at radius 1 is 1.14 bits per heavy atom. The van der Waals surface area contributed by atoms with Crippen molar-refractivity contribution in [3.63, 3.8) is 0 Å². The molecule has 0 aromatic heterocycles. The first kappa shape index (κ1) is 16.7. The molecule has 4 heteroatoms. The van der Waals surface area contributed by atoms with Crippen LogP contribution in [0.25, 0.3) is 0 Å². The van der Waals surface area contributed by atoms with E-state index in [2.05, 4.69) is 35.9 Å². The summed E-state index contributed by atoms with van der Waals surface area (Å²) in [6.07, 6.45) is 5.05. The highest BCUT2D eigenvalue weighted by atomic mass is 16.5. The number of guanidine groups is 1. The maximum atomic E-state index is 6.20. The highest BCUT2D eigenvalue weighted by molar-refractivity contribution is 5.78. The Balaban J connectivity index is 2.01. The van der Waals surface area contributed by atoms with Gasteiger partial charge in [-0.15, -0.1) is 0 Å². The first-order valence-corrected chi connectivity index (χ1v) is 8.22. The van der Waals surface area contributed by atoms with Crippen LogP contribution in [0.5, 0.6) is 5.75 Å². The molecule has 0 amide bonds. The average Bonchev–Trinajstić information content (AvgIpc) is 2.82. The zero-order chi connectivity index (χ0) is 16.0. The van der Waals surface area contributed by atoms with Crippen LogP contribution in [0.4, 0.5) is 0 Å². The fourth-order valence-corrected chi connectivity index (χ4v) is 2.81. The van der Waals surface area contributed by atoms with E-state index in [0.29, 0.717) is 12.5 Å². The van der Waals surface area contributed by atoms with E-state index < -0.39 is 0 Å². The van der Waals surface area contributed by atoms with E-state index in [1.165, 1.54) is 31.2 Å². The zero-order valence-electron chi connectivity index (χ0n) is 14.1. The van der Waals surface area contributed by atoms with Crippen LogP contribution in [0.15, 0.2) is 29.3 Å². The van der Waals surface area contributed by atoms with Crippen molar-refractivity contribution < 1.29 is 4.74 Å². The fourth-order valence-electron chi connectivity index (χ4n) is 2.81. The predicted molar refractivity (Wildman–Crippen MR) is 92.6 cm³/mol. The molecule has 22 heavy (non-hydrogen) atoms. The average molecular weight is 303 g/mol. The third-order valence-corrected chi connectivity index (χ3v) is 4.44. The molecule has 0 spiro atoms. The van der Waals surface area contributed by atoms with Gasteiger partial charge in [0.1, 0.15) is 5.75 Å². The van der Waals surface area contributed by atoms with Gasteiger partial charge >= 0.3 is 0 Å². The Labute approximate surface area is 134 Å². The van der Waals surface area contributed by atoms with Gasteiger partial charge in [0.2, 0.25) is 0 Å². The highest BCUT2D eigenvalue weighted by Crippen LogP contribution is 2.25. The Morgan fingerprint density at radius 2 is 1.73 bits per heavy atom. The summed E-state index contributed by atoms with van der Waals surface area (Å²) in [4.78, 5) is 6.90. The second-order valence-electron chi connectivity index (χ2n) is 6.69. The standard InChI is InChI=1S/C18H29N3O/c1-18(2,15-8-10-16(22-3)11-9-15)14-20-17(19)21-12-6-4-5-7-13-21/h8-11H,4-7,12-14H2,1-3H3,(H2,19,20). The summed E-state index contributed by atoms with van der Waals surface area (Å²) in [5.74, 6) is 1.58. The van der Waals surface area contributed by atoms with Crippen molar-refractivity contribution in [2.24, 2.45) is 10.7 Å². The van der Waals surface area contributed by atoms with Gasteiger partial charge in [0.15, 0.2) is 5.96 Å². The van der Waals surface area contributed by atoms with Gasteiger partial charge in [-0.1, -0.05) is 38.8 Å². The Morgan fingerprint density at radius 3 is 2.27 bits per heavy atom. The molecule has 0 atom stereocenters. The smallest absolute Gasteiger partial charge is 0.191 e. The number of hydrogen-bond donors (Lipinski definition) is 1. The molecule has 0 saturated carbocycles. The molecule has 2 rings (SSSR count). The lowest BCUT2D eigenvalue weighted by Crippen LogP contribution is -2.39. The molecular formula is C18H29N3O. The number of nitrogens with two attached hydrogens (primary N) is 1. The normalized spacial score (nSPS) is 17.2. The van der Waals surface area contributed by atoms with Crippen LogP contribution in [-0.4, -0.2) is 37.6 Å². The summed E-state index contributed by atoms with van der Waals surface area (Å²) < 4.78 is 5.22. The van der Waals surface area contributed by atoms with Gasteiger partial charge in [0, 0.05) is 18.5 Å². The SMILES string of the molecule is COc1ccc(C(C)(C)CN=C(N)N2CCCCCC2)cc1. The first-order chi connectivity index (χ1) is 10.5. The van der Waals surface area contributed by atoms with Crippen LogP contribution in [0.2, 0.25) is 0 Å². The topological polar surface area (TPSA) is 50.9 Å². The van der Waals surface area contributed by atoms with Crippen LogP contribution in [0.1, 0.15) is 45.1 Å². The number of hydrogen-bond acceptors (Lipinski definition) is 2. The summed E-state index contributed by atoms with van der Waals surface area (Å²) >= 11 is 0. The molecule has 1 aliphatic rings. The van der Waals surface area contributed by atoms with Crippen LogP contribution in [0.3, 0.4) is 0 Å². The summed E-state index contributed by atoms with van der Waals surface area (Å²) in [5.41, 5.74) is 7.42. The van der Waals surface area contributed by atoms with Gasteiger partial charge < -0.3 is 15.4 Å². The molecule has 1 aromatic carbocycles. The van der Waals surface area contributed by atoms with Crippen LogP contribution in [0, 0.1) is 0 Å². The summed E-state index contributed by atoms with van der Waals surface area (Å²) in [6.45, 7) is 7.18. The Hall–Kier alpha value is -1.71. The summed E-state index contributed by atoms with van der Waals surface area (Å²) in [6, 6.07) is 8.21. The lowest BCUT2D eigenvalue weighted by atomic mass is 9.85. The van der Waals surface area contributed by atoms with Gasteiger partial charge in [-0.2, -0.15) is 0 Å². The van der Waals surface area contributed by atoms with Crippen molar-refractivity contribution in [3.8, 4) is 5.75 Å². The van der Waals surface area contributed by atoms with Gasteiger partial charge in [-0.05, 0) is 30.5 Å². The van der Waals surface area contributed by atoms with Crippen LogP contribution < -0.4 is 10.5 Å². The van der Waals surface area contributed by atoms with Gasteiger partial charge in [0.25, 0.3) is 0 Å². The second-order valence-corrected chi connectivity index (χ2v) is 6.69. The molecule has 1 aromatic rings. The number of ether oxygens (including phenoxy) is 1. The van der Waals surface area contributed by atoms with Crippen LogP contribution in [-0.2, 0) is 5.41 Å².